The summed E-state index contributed by atoms with van der Waals surface area (Å²) in [6.45, 7) is 1.84. The number of pyridine rings is 1. The number of nitrogens with zero attached hydrogens (tertiary/aromatic N) is 2. The maximum absolute atomic E-state index is 5.60. The van der Waals surface area contributed by atoms with E-state index in [2.05, 4.69) is 10.1 Å². The first-order chi connectivity index (χ1) is 7.24. The smallest absolute Gasteiger partial charge is 0.224 e. The van der Waals surface area contributed by atoms with Crippen LogP contribution in [0.5, 0.6) is 5.88 Å². The molecule has 2 aromatic rings. The van der Waals surface area contributed by atoms with Gasteiger partial charge in [0.1, 0.15) is 0 Å². The van der Waals surface area contributed by atoms with E-state index in [9.17, 15) is 0 Å². The van der Waals surface area contributed by atoms with E-state index in [1.807, 2.05) is 13.0 Å². The molecule has 5 nitrogen and oxygen atoms in total. The highest BCUT2D eigenvalue weighted by atomic mass is 16.5. The van der Waals surface area contributed by atoms with E-state index >= 15 is 0 Å². The Hall–Kier alpha value is -2.04. The number of hydrogen-bond donors (Lipinski definition) is 1. The molecule has 0 aromatic carbocycles. The van der Waals surface area contributed by atoms with Gasteiger partial charge in [0.2, 0.25) is 5.88 Å². The zero-order valence-corrected chi connectivity index (χ0v) is 8.52. The molecule has 0 fully saturated rings. The summed E-state index contributed by atoms with van der Waals surface area (Å²) in [5.74, 6) is 1.48. The molecular formula is C10H11N3O2. The summed E-state index contributed by atoms with van der Waals surface area (Å²) in [7, 11) is 1.56. The molecule has 2 heterocycles. The molecular weight excluding hydrogens is 194 g/mol. The molecule has 2 N–H and O–H groups in total. The second kappa shape index (κ2) is 3.61. The third-order valence-electron chi connectivity index (χ3n) is 2.17. The molecule has 2 aromatic heterocycles. The molecule has 0 radical (unpaired) electrons. The first-order valence-electron chi connectivity index (χ1n) is 4.45. The summed E-state index contributed by atoms with van der Waals surface area (Å²) in [5, 5.41) is 3.69. The van der Waals surface area contributed by atoms with Gasteiger partial charge in [0.05, 0.1) is 12.7 Å². The Labute approximate surface area is 86.9 Å². The molecule has 0 atom stereocenters. The van der Waals surface area contributed by atoms with Crippen molar-refractivity contribution in [2.45, 2.75) is 6.92 Å². The minimum Gasteiger partial charge on any atom is -0.480 e. The van der Waals surface area contributed by atoms with Crippen LogP contribution in [0.3, 0.4) is 0 Å². The minimum absolute atomic E-state index is 0.385. The van der Waals surface area contributed by atoms with Gasteiger partial charge in [-0.15, -0.1) is 0 Å². The quantitative estimate of drug-likeness (QED) is 0.806. The van der Waals surface area contributed by atoms with Crippen molar-refractivity contribution in [3.05, 3.63) is 23.9 Å². The topological polar surface area (TPSA) is 74.2 Å². The molecule has 0 aliphatic carbocycles. The molecule has 0 bridgehead atoms. The van der Waals surface area contributed by atoms with Crippen LogP contribution in [0.25, 0.3) is 11.3 Å². The lowest BCUT2D eigenvalue weighted by Gasteiger charge is -2.03. The second-order valence-electron chi connectivity index (χ2n) is 3.08. The number of rotatable bonds is 2. The van der Waals surface area contributed by atoms with Crippen molar-refractivity contribution in [3.8, 4) is 17.2 Å². The summed E-state index contributed by atoms with van der Waals surface area (Å²) < 4.78 is 10.3. The predicted molar refractivity (Wildman–Crippen MR) is 55.4 cm³/mol. The maximum Gasteiger partial charge on any atom is 0.224 e. The van der Waals surface area contributed by atoms with E-state index in [0.29, 0.717) is 17.5 Å². The van der Waals surface area contributed by atoms with Crippen molar-refractivity contribution >= 4 is 5.82 Å². The highest BCUT2D eigenvalue weighted by Gasteiger charge is 2.15. The SMILES string of the molecule is COc1ncccc1-c1onc(N)c1C. The van der Waals surface area contributed by atoms with Gasteiger partial charge in [-0.3, -0.25) is 0 Å². The Balaban J connectivity index is 2.58. The summed E-state index contributed by atoms with van der Waals surface area (Å²) >= 11 is 0. The van der Waals surface area contributed by atoms with Crippen LogP contribution in [0.15, 0.2) is 22.9 Å². The van der Waals surface area contributed by atoms with Gasteiger partial charge in [-0.05, 0) is 19.1 Å². The zero-order valence-electron chi connectivity index (χ0n) is 8.52. The van der Waals surface area contributed by atoms with Gasteiger partial charge in [-0.2, -0.15) is 0 Å². The van der Waals surface area contributed by atoms with Crippen molar-refractivity contribution < 1.29 is 9.26 Å². The van der Waals surface area contributed by atoms with Gasteiger partial charge in [0.25, 0.3) is 0 Å². The lowest BCUT2D eigenvalue weighted by Crippen LogP contribution is -1.91. The number of anilines is 1. The van der Waals surface area contributed by atoms with Crippen molar-refractivity contribution in [1.29, 1.82) is 0 Å². The van der Waals surface area contributed by atoms with Crippen molar-refractivity contribution in [2.75, 3.05) is 12.8 Å². The minimum atomic E-state index is 0.385. The number of nitrogens with two attached hydrogens (primary N) is 1. The van der Waals surface area contributed by atoms with E-state index < -0.39 is 0 Å². The van der Waals surface area contributed by atoms with Crippen LogP contribution in [0.2, 0.25) is 0 Å². The number of ether oxygens (including phenoxy) is 1. The molecule has 0 saturated carbocycles. The third-order valence-corrected chi connectivity index (χ3v) is 2.17. The highest BCUT2D eigenvalue weighted by Crippen LogP contribution is 2.32. The fraction of sp³-hybridized carbons (Fsp3) is 0.200. The normalized spacial score (nSPS) is 10.3. The van der Waals surface area contributed by atoms with E-state index in [4.69, 9.17) is 15.0 Å². The molecule has 0 aliphatic heterocycles. The Bertz CT molecular complexity index is 479. The lowest BCUT2D eigenvalue weighted by molar-refractivity contribution is 0.392. The molecule has 0 saturated heterocycles. The number of aromatic nitrogens is 2. The van der Waals surface area contributed by atoms with Crippen LogP contribution in [0, 0.1) is 6.92 Å². The first kappa shape index (κ1) is 9.51. The molecule has 78 valence electrons. The van der Waals surface area contributed by atoms with Crippen LogP contribution in [0.1, 0.15) is 5.56 Å². The number of methoxy groups -OCH3 is 1. The second-order valence-corrected chi connectivity index (χ2v) is 3.08. The standard InChI is InChI=1S/C10H11N3O2/c1-6-8(15-13-9(6)11)7-4-3-5-12-10(7)14-2/h3-5H,1-2H3,(H2,11,13). The Morgan fingerprint density at radius 3 is 2.87 bits per heavy atom. The summed E-state index contributed by atoms with van der Waals surface area (Å²) in [6, 6.07) is 3.65. The highest BCUT2D eigenvalue weighted by molar-refractivity contribution is 5.69. The van der Waals surface area contributed by atoms with Crippen LogP contribution < -0.4 is 10.5 Å². The fourth-order valence-corrected chi connectivity index (χ4v) is 1.33. The van der Waals surface area contributed by atoms with Crippen LogP contribution in [-0.4, -0.2) is 17.3 Å². The van der Waals surface area contributed by atoms with Crippen molar-refractivity contribution in [3.63, 3.8) is 0 Å². The maximum atomic E-state index is 5.60. The molecule has 0 amide bonds. The van der Waals surface area contributed by atoms with Crippen LogP contribution in [-0.2, 0) is 0 Å². The fourth-order valence-electron chi connectivity index (χ4n) is 1.33. The largest absolute Gasteiger partial charge is 0.480 e. The average molecular weight is 205 g/mol. The monoisotopic (exact) mass is 205 g/mol. The van der Waals surface area contributed by atoms with E-state index in [0.717, 1.165) is 11.1 Å². The van der Waals surface area contributed by atoms with E-state index in [1.165, 1.54) is 0 Å². The first-order valence-corrected chi connectivity index (χ1v) is 4.45. The summed E-state index contributed by atoms with van der Waals surface area (Å²) in [4.78, 5) is 4.07. The Morgan fingerprint density at radius 2 is 2.27 bits per heavy atom. The van der Waals surface area contributed by atoms with Gasteiger partial charge in [0, 0.05) is 11.8 Å². The number of nitrogen functional groups attached to an aromatic ring is 1. The van der Waals surface area contributed by atoms with Gasteiger partial charge in [0.15, 0.2) is 11.6 Å². The molecule has 0 aliphatic rings. The summed E-state index contributed by atoms with van der Waals surface area (Å²) in [6.07, 6.45) is 1.65. The Morgan fingerprint density at radius 1 is 1.47 bits per heavy atom. The third kappa shape index (κ3) is 1.52. The van der Waals surface area contributed by atoms with Crippen molar-refractivity contribution in [1.82, 2.24) is 10.1 Å². The van der Waals surface area contributed by atoms with E-state index in [1.54, 1.807) is 19.4 Å². The zero-order chi connectivity index (χ0) is 10.8. The van der Waals surface area contributed by atoms with Crippen LogP contribution in [0.4, 0.5) is 5.82 Å². The lowest BCUT2D eigenvalue weighted by atomic mass is 10.1. The van der Waals surface area contributed by atoms with Crippen LogP contribution >= 0.6 is 0 Å². The van der Waals surface area contributed by atoms with Gasteiger partial charge < -0.3 is 15.0 Å². The molecule has 15 heavy (non-hydrogen) atoms. The van der Waals surface area contributed by atoms with Gasteiger partial charge in [-0.1, -0.05) is 5.16 Å². The van der Waals surface area contributed by atoms with E-state index in [-0.39, 0.29) is 0 Å². The summed E-state index contributed by atoms with van der Waals surface area (Å²) in [5.41, 5.74) is 7.15. The molecule has 5 heteroatoms. The van der Waals surface area contributed by atoms with Crippen molar-refractivity contribution in [2.24, 2.45) is 0 Å². The molecule has 0 spiro atoms. The molecule has 0 unspecified atom stereocenters. The molecule has 2 rings (SSSR count). The van der Waals surface area contributed by atoms with Gasteiger partial charge >= 0.3 is 0 Å². The average Bonchev–Trinajstić information content (AvgIpc) is 2.60. The predicted octanol–water partition coefficient (Wildman–Crippen LogP) is 1.64. The van der Waals surface area contributed by atoms with Gasteiger partial charge in [-0.25, -0.2) is 4.98 Å². The number of hydrogen-bond acceptors (Lipinski definition) is 5. The Kier molecular flexibility index (Phi) is 2.29.